The van der Waals surface area contributed by atoms with Gasteiger partial charge in [0.2, 0.25) is 0 Å². The predicted octanol–water partition coefficient (Wildman–Crippen LogP) is 4.14. The first kappa shape index (κ1) is 17.7. The van der Waals surface area contributed by atoms with Gasteiger partial charge in [-0.2, -0.15) is 0 Å². The molecule has 0 spiro atoms. The Balaban J connectivity index is 2.24. The maximum atomic E-state index is 12.5. The second kappa shape index (κ2) is 7.79. The summed E-state index contributed by atoms with van der Waals surface area (Å²) in [6.45, 7) is 1.92. The van der Waals surface area contributed by atoms with Crippen LogP contribution in [0.5, 0.6) is 5.75 Å². The molecule has 2 aromatic carbocycles. The summed E-state index contributed by atoms with van der Waals surface area (Å²) in [6, 6.07) is 11.0. The average Bonchev–Trinajstić information content (AvgIpc) is 2.59. The van der Waals surface area contributed by atoms with Crippen molar-refractivity contribution in [2.45, 2.75) is 19.4 Å². The molecule has 0 unspecified atom stereocenters. The second-order valence-electron chi connectivity index (χ2n) is 5.13. The standard InChI is InChI=1S/C17H17ClN2O4/c1-3-15(11-4-7-13(24-2)8-5-11)19-17(21)14-9-6-12(18)10-16(14)20(22)23/h4-10,15H,3H2,1-2H3,(H,19,21)/t15-/m1/s1. The summed E-state index contributed by atoms with van der Waals surface area (Å²) in [5.41, 5.74) is 0.559. The Hall–Kier alpha value is -2.60. The Labute approximate surface area is 144 Å². The van der Waals surface area contributed by atoms with Gasteiger partial charge in [-0.1, -0.05) is 30.7 Å². The molecule has 0 bridgehead atoms. The molecule has 0 aliphatic heterocycles. The number of hydrogen-bond donors (Lipinski definition) is 1. The zero-order chi connectivity index (χ0) is 17.7. The van der Waals surface area contributed by atoms with Gasteiger partial charge in [-0.05, 0) is 36.2 Å². The van der Waals surface area contributed by atoms with E-state index in [1.54, 1.807) is 19.2 Å². The largest absolute Gasteiger partial charge is 0.497 e. The molecule has 1 amide bonds. The van der Waals surface area contributed by atoms with E-state index in [0.29, 0.717) is 12.2 Å². The molecule has 0 radical (unpaired) electrons. The number of carbonyl (C=O) groups excluding carboxylic acids is 1. The Bertz CT molecular complexity index is 747. The fourth-order valence-electron chi connectivity index (χ4n) is 2.34. The molecule has 0 saturated carbocycles. The Morgan fingerprint density at radius 3 is 2.50 bits per heavy atom. The van der Waals surface area contributed by atoms with E-state index < -0.39 is 10.8 Å². The third-order valence-corrected chi connectivity index (χ3v) is 3.87. The number of rotatable bonds is 6. The van der Waals surface area contributed by atoms with Crippen molar-refractivity contribution in [2.75, 3.05) is 7.11 Å². The first-order valence-electron chi connectivity index (χ1n) is 7.35. The van der Waals surface area contributed by atoms with Crippen LogP contribution in [0.15, 0.2) is 42.5 Å². The summed E-state index contributed by atoms with van der Waals surface area (Å²) >= 11 is 5.78. The average molecular weight is 349 g/mol. The van der Waals surface area contributed by atoms with E-state index in [2.05, 4.69) is 5.32 Å². The van der Waals surface area contributed by atoms with E-state index in [1.807, 2.05) is 19.1 Å². The van der Waals surface area contributed by atoms with Crippen LogP contribution in [0.4, 0.5) is 5.69 Å². The summed E-state index contributed by atoms with van der Waals surface area (Å²) in [7, 11) is 1.58. The zero-order valence-corrected chi connectivity index (χ0v) is 14.0. The minimum atomic E-state index is -0.616. The molecule has 0 aliphatic carbocycles. The number of hydrogen-bond acceptors (Lipinski definition) is 4. The van der Waals surface area contributed by atoms with E-state index in [-0.39, 0.29) is 22.3 Å². The van der Waals surface area contributed by atoms with Gasteiger partial charge in [-0.15, -0.1) is 0 Å². The molecular weight excluding hydrogens is 332 g/mol. The van der Waals surface area contributed by atoms with Gasteiger partial charge >= 0.3 is 0 Å². The summed E-state index contributed by atoms with van der Waals surface area (Å²) in [6.07, 6.45) is 0.638. The molecule has 6 nitrogen and oxygen atoms in total. The molecule has 0 aromatic heterocycles. The molecule has 7 heteroatoms. The number of nitro groups is 1. The maximum Gasteiger partial charge on any atom is 0.283 e. The number of amides is 1. The summed E-state index contributed by atoms with van der Waals surface area (Å²) in [5, 5.41) is 14.2. The molecule has 0 heterocycles. The van der Waals surface area contributed by atoms with Crippen molar-refractivity contribution in [3.63, 3.8) is 0 Å². The fraction of sp³-hybridized carbons (Fsp3) is 0.235. The van der Waals surface area contributed by atoms with Crippen LogP contribution in [-0.2, 0) is 0 Å². The van der Waals surface area contributed by atoms with Gasteiger partial charge in [0, 0.05) is 11.1 Å². The molecule has 0 fully saturated rings. The lowest BCUT2D eigenvalue weighted by Gasteiger charge is -2.18. The third kappa shape index (κ3) is 4.02. The van der Waals surface area contributed by atoms with Gasteiger partial charge in [0.25, 0.3) is 11.6 Å². The normalized spacial score (nSPS) is 11.6. The van der Waals surface area contributed by atoms with Gasteiger partial charge in [0.05, 0.1) is 18.1 Å². The highest BCUT2D eigenvalue weighted by Gasteiger charge is 2.22. The number of nitrogens with zero attached hydrogens (tertiary/aromatic N) is 1. The number of benzene rings is 2. The first-order valence-corrected chi connectivity index (χ1v) is 7.72. The van der Waals surface area contributed by atoms with Crippen LogP contribution in [-0.4, -0.2) is 17.9 Å². The maximum absolute atomic E-state index is 12.5. The molecule has 24 heavy (non-hydrogen) atoms. The topological polar surface area (TPSA) is 81.5 Å². The van der Waals surface area contributed by atoms with Crippen molar-refractivity contribution < 1.29 is 14.5 Å². The van der Waals surface area contributed by atoms with Crippen molar-refractivity contribution in [3.8, 4) is 5.75 Å². The third-order valence-electron chi connectivity index (χ3n) is 3.63. The molecule has 1 N–H and O–H groups in total. The van der Waals surface area contributed by atoms with Gasteiger partial charge in [0.15, 0.2) is 0 Å². The van der Waals surface area contributed by atoms with Gasteiger partial charge in [0.1, 0.15) is 11.3 Å². The molecule has 2 aromatic rings. The van der Waals surface area contributed by atoms with Crippen LogP contribution in [0.25, 0.3) is 0 Å². The first-order chi connectivity index (χ1) is 11.5. The molecule has 1 atom stereocenters. The van der Waals surface area contributed by atoms with Gasteiger partial charge in [-0.25, -0.2) is 0 Å². The number of ether oxygens (including phenoxy) is 1. The predicted molar refractivity (Wildman–Crippen MR) is 91.6 cm³/mol. The Morgan fingerprint density at radius 1 is 1.29 bits per heavy atom. The van der Waals surface area contributed by atoms with Crippen molar-refractivity contribution in [3.05, 3.63) is 68.7 Å². The van der Waals surface area contributed by atoms with Gasteiger partial charge in [-0.3, -0.25) is 14.9 Å². The second-order valence-corrected chi connectivity index (χ2v) is 5.56. The summed E-state index contributed by atoms with van der Waals surface area (Å²) in [5.74, 6) is 0.203. The Morgan fingerprint density at radius 2 is 1.96 bits per heavy atom. The number of nitrogens with one attached hydrogen (secondary N) is 1. The Kier molecular flexibility index (Phi) is 5.76. The number of halogens is 1. The van der Waals surface area contributed by atoms with E-state index in [0.717, 1.165) is 5.56 Å². The van der Waals surface area contributed by atoms with E-state index >= 15 is 0 Å². The molecule has 2 rings (SSSR count). The summed E-state index contributed by atoms with van der Waals surface area (Å²) < 4.78 is 5.11. The number of methoxy groups -OCH3 is 1. The van der Waals surface area contributed by atoms with Crippen LogP contribution in [0.1, 0.15) is 35.3 Å². The van der Waals surface area contributed by atoms with E-state index in [1.165, 1.54) is 18.2 Å². The lowest BCUT2D eigenvalue weighted by atomic mass is 10.0. The van der Waals surface area contributed by atoms with E-state index in [9.17, 15) is 14.9 Å². The van der Waals surface area contributed by atoms with Gasteiger partial charge < -0.3 is 10.1 Å². The zero-order valence-electron chi connectivity index (χ0n) is 13.3. The molecular formula is C17H17ClN2O4. The lowest BCUT2D eigenvalue weighted by Crippen LogP contribution is -2.28. The SMILES string of the molecule is CC[C@@H](NC(=O)c1ccc(Cl)cc1[N+](=O)[O-])c1ccc(OC)cc1. The van der Waals surface area contributed by atoms with Crippen molar-refractivity contribution in [1.82, 2.24) is 5.32 Å². The van der Waals surface area contributed by atoms with Crippen LogP contribution in [0.3, 0.4) is 0 Å². The lowest BCUT2D eigenvalue weighted by molar-refractivity contribution is -0.385. The highest BCUT2D eigenvalue weighted by Crippen LogP contribution is 2.25. The van der Waals surface area contributed by atoms with E-state index in [4.69, 9.17) is 16.3 Å². The molecule has 126 valence electrons. The molecule has 0 saturated heterocycles. The number of carbonyl (C=O) groups is 1. The quantitative estimate of drug-likeness (QED) is 0.628. The monoisotopic (exact) mass is 348 g/mol. The highest BCUT2D eigenvalue weighted by atomic mass is 35.5. The minimum Gasteiger partial charge on any atom is -0.497 e. The van der Waals surface area contributed by atoms with Crippen LogP contribution < -0.4 is 10.1 Å². The van der Waals surface area contributed by atoms with Crippen molar-refractivity contribution in [1.29, 1.82) is 0 Å². The van der Waals surface area contributed by atoms with Crippen LogP contribution in [0, 0.1) is 10.1 Å². The minimum absolute atomic E-state index is 0.0173. The van der Waals surface area contributed by atoms with Crippen LogP contribution >= 0.6 is 11.6 Å². The molecule has 0 aliphatic rings. The van der Waals surface area contributed by atoms with Crippen LogP contribution in [0.2, 0.25) is 5.02 Å². The highest BCUT2D eigenvalue weighted by molar-refractivity contribution is 6.31. The summed E-state index contributed by atoms with van der Waals surface area (Å²) in [4.78, 5) is 23.0. The number of nitro benzene ring substituents is 1. The smallest absolute Gasteiger partial charge is 0.283 e. The van der Waals surface area contributed by atoms with Crippen molar-refractivity contribution >= 4 is 23.2 Å². The van der Waals surface area contributed by atoms with Crippen molar-refractivity contribution in [2.24, 2.45) is 0 Å². The fourth-order valence-corrected chi connectivity index (χ4v) is 2.51.